The quantitative estimate of drug-likeness (QED) is 0.656. The smallest absolute Gasteiger partial charge is 0.160 e. The molecule has 1 heterocycles. The molecule has 0 radical (unpaired) electrons. The minimum atomic E-state index is -0.0654. The summed E-state index contributed by atoms with van der Waals surface area (Å²) < 4.78 is 10.8. The maximum absolute atomic E-state index is 10.8. The highest BCUT2D eigenvalue weighted by Gasteiger charge is 2.28. The second kappa shape index (κ2) is 5.35. The van der Waals surface area contributed by atoms with Crippen LogP contribution in [0.2, 0.25) is 0 Å². The van der Waals surface area contributed by atoms with Crippen molar-refractivity contribution in [2.45, 2.75) is 39.4 Å². The van der Waals surface area contributed by atoms with E-state index in [0.717, 1.165) is 19.4 Å². The van der Waals surface area contributed by atoms with Crippen LogP contribution in [0.1, 0.15) is 33.1 Å². The van der Waals surface area contributed by atoms with Crippen LogP contribution in [-0.4, -0.2) is 25.3 Å². The van der Waals surface area contributed by atoms with E-state index >= 15 is 0 Å². The average Bonchev–Trinajstić information content (AvgIpc) is 2.49. The summed E-state index contributed by atoms with van der Waals surface area (Å²) in [5, 5.41) is 0. The molecule has 0 bridgehead atoms. The summed E-state index contributed by atoms with van der Waals surface area (Å²) in [5.41, 5.74) is 0. The Morgan fingerprint density at radius 3 is 3.00 bits per heavy atom. The molecule has 76 valence electrons. The first-order valence-electron chi connectivity index (χ1n) is 4.96. The van der Waals surface area contributed by atoms with Gasteiger partial charge in [0.2, 0.25) is 0 Å². The molecule has 0 N–H and O–H groups in total. The van der Waals surface area contributed by atoms with Gasteiger partial charge in [0.1, 0.15) is 5.78 Å². The van der Waals surface area contributed by atoms with E-state index in [1.165, 1.54) is 0 Å². The third-order valence-electron chi connectivity index (χ3n) is 2.35. The highest BCUT2D eigenvalue weighted by Crippen LogP contribution is 2.26. The van der Waals surface area contributed by atoms with E-state index in [2.05, 4.69) is 0 Å². The highest BCUT2D eigenvalue weighted by atomic mass is 16.7. The standard InChI is InChI=1S/C10H18O3/c1-3-12-10-9(6-7-13-10)5-4-8(2)11/h9-10H,3-7H2,1-2H3. The molecular formula is C10H18O3. The molecule has 0 aliphatic carbocycles. The van der Waals surface area contributed by atoms with Crippen LogP contribution in [0.15, 0.2) is 0 Å². The second-order valence-corrected chi connectivity index (χ2v) is 3.48. The lowest BCUT2D eigenvalue weighted by Crippen LogP contribution is -2.20. The first kappa shape index (κ1) is 10.7. The predicted molar refractivity (Wildman–Crippen MR) is 49.4 cm³/mol. The fourth-order valence-corrected chi connectivity index (χ4v) is 1.63. The van der Waals surface area contributed by atoms with Gasteiger partial charge in [-0.25, -0.2) is 0 Å². The van der Waals surface area contributed by atoms with Gasteiger partial charge in [-0.15, -0.1) is 0 Å². The topological polar surface area (TPSA) is 35.5 Å². The van der Waals surface area contributed by atoms with Crippen LogP contribution in [0, 0.1) is 5.92 Å². The molecule has 1 aliphatic heterocycles. The Balaban J connectivity index is 2.26. The average molecular weight is 186 g/mol. The predicted octanol–water partition coefficient (Wildman–Crippen LogP) is 1.75. The number of rotatable bonds is 5. The fraction of sp³-hybridized carbons (Fsp3) is 0.900. The number of hydrogen-bond donors (Lipinski definition) is 0. The summed E-state index contributed by atoms with van der Waals surface area (Å²) in [4.78, 5) is 10.8. The zero-order chi connectivity index (χ0) is 9.68. The van der Waals surface area contributed by atoms with Crippen LogP contribution in [0.5, 0.6) is 0 Å². The van der Waals surface area contributed by atoms with Gasteiger partial charge in [0, 0.05) is 18.9 Å². The van der Waals surface area contributed by atoms with Crippen molar-refractivity contribution in [3.8, 4) is 0 Å². The molecule has 0 spiro atoms. The Morgan fingerprint density at radius 1 is 1.62 bits per heavy atom. The molecule has 1 rings (SSSR count). The van der Waals surface area contributed by atoms with E-state index < -0.39 is 0 Å². The summed E-state index contributed by atoms with van der Waals surface area (Å²) in [6, 6.07) is 0. The molecule has 0 amide bonds. The Labute approximate surface area is 79.4 Å². The zero-order valence-electron chi connectivity index (χ0n) is 8.41. The van der Waals surface area contributed by atoms with Crippen LogP contribution in [0.25, 0.3) is 0 Å². The van der Waals surface area contributed by atoms with Gasteiger partial charge in [-0.05, 0) is 26.7 Å². The van der Waals surface area contributed by atoms with Crippen LogP contribution in [0.3, 0.4) is 0 Å². The van der Waals surface area contributed by atoms with Crippen molar-refractivity contribution < 1.29 is 14.3 Å². The van der Waals surface area contributed by atoms with Gasteiger partial charge in [-0.1, -0.05) is 0 Å². The number of carbonyl (C=O) groups is 1. The van der Waals surface area contributed by atoms with E-state index in [1.54, 1.807) is 6.92 Å². The summed E-state index contributed by atoms with van der Waals surface area (Å²) in [7, 11) is 0. The van der Waals surface area contributed by atoms with Crippen LogP contribution in [-0.2, 0) is 14.3 Å². The van der Waals surface area contributed by atoms with Crippen LogP contribution in [0.4, 0.5) is 0 Å². The van der Waals surface area contributed by atoms with Crippen molar-refractivity contribution in [2.24, 2.45) is 5.92 Å². The van der Waals surface area contributed by atoms with Crippen molar-refractivity contribution in [2.75, 3.05) is 13.2 Å². The van der Waals surface area contributed by atoms with E-state index in [4.69, 9.17) is 9.47 Å². The first-order chi connectivity index (χ1) is 6.24. The lowest BCUT2D eigenvalue weighted by Gasteiger charge is -2.17. The maximum Gasteiger partial charge on any atom is 0.160 e. The molecule has 1 fully saturated rings. The van der Waals surface area contributed by atoms with E-state index in [1.807, 2.05) is 6.92 Å². The summed E-state index contributed by atoms with van der Waals surface area (Å²) in [5.74, 6) is 0.672. The number of hydrogen-bond acceptors (Lipinski definition) is 3. The minimum absolute atomic E-state index is 0.0654. The summed E-state index contributed by atoms with van der Waals surface area (Å²) in [6.07, 6.45) is 2.51. The van der Waals surface area contributed by atoms with Crippen molar-refractivity contribution in [1.82, 2.24) is 0 Å². The lowest BCUT2D eigenvalue weighted by atomic mass is 10.00. The molecule has 3 nitrogen and oxygen atoms in total. The van der Waals surface area contributed by atoms with Gasteiger partial charge < -0.3 is 14.3 Å². The highest BCUT2D eigenvalue weighted by molar-refractivity contribution is 5.75. The molecule has 0 saturated carbocycles. The van der Waals surface area contributed by atoms with Gasteiger partial charge >= 0.3 is 0 Å². The third kappa shape index (κ3) is 3.44. The molecule has 0 aromatic rings. The molecule has 2 unspecified atom stereocenters. The van der Waals surface area contributed by atoms with E-state index in [-0.39, 0.29) is 12.1 Å². The zero-order valence-corrected chi connectivity index (χ0v) is 8.41. The largest absolute Gasteiger partial charge is 0.353 e. The van der Waals surface area contributed by atoms with Crippen molar-refractivity contribution in [1.29, 1.82) is 0 Å². The molecular weight excluding hydrogens is 168 g/mol. The number of ketones is 1. The van der Waals surface area contributed by atoms with Crippen LogP contribution < -0.4 is 0 Å². The van der Waals surface area contributed by atoms with Gasteiger partial charge in [0.05, 0.1) is 6.61 Å². The fourth-order valence-electron chi connectivity index (χ4n) is 1.63. The van der Waals surface area contributed by atoms with Gasteiger partial charge in [-0.3, -0.25) is 0 Å². The molecule has 0 aromatic heterocycles. The lowest BCUT2D eigenvalue weighted by molar-refractivity contribution is -0.130. The van der Waals surface area contributed by atoms with Crippen molar-refractivity contribution in [3.05, 3.63) is 0 Å². The van der Waals surface area contributed by atoms with Crippen molar-refractivity contribution >= 4 is 5.78 Å². The Bertz CT molecular complexity index is 168. The Kier molecular flexibility index (Phi) is 4.39. The van der Waals surface area contributed by atoms with Gasteiger partial charge in [0.15, 0.2) is 6.29 Å². The van der Waals surface area contributed by atoms with Gasteiger partial charge in [0.25, 0.3) is 0 Å². The van der Waals surface area contributed by atoms with E-state index in [9.17, 15) is 4.79 Å². The summed E-state index contributed by atoms with van der Waals surface area (Å²) in [6.45, 7) is 5.05. The third-order valence-corrected chi connectivity index (χ3v) is 2.35. The molecule has 1 saturated heterocycles. The maximum atomic E-state index is 10.8. The molecule has 0 aromatic carbocycles. The number of ether oxygens (including phenoxy) is 2. The molecule has 1 aliphatic rings. The Hall–Kier alpha value is -0.410. The Morgan fingerprint density at radius 2 is 2.38 bits per heavy atom. The van der Waals surface area contributed by atoms with Crippen molar-refractivity contribution in [3.63, 3.8) is 0 Å². The molecule has 2 atom stereocenters. The SMILES string of the molecule is CCOC1OCCC1CCC(C)=O. The number of carbonyl (C=O) groups excluding carboxylic acids is 1. The molecule has 13 heavy (non-hydrogen) atoms. The second-order valence-electron chi connectivity index (χ2n) is 3.48. The number of Topliss-reactive ketones (excluding diaryl/α,β-unsaturated/α-hetero) is 1. The van der Waals surface area contributed by atoms with Crippen LogP contribution >= 0.6 is 0 Å². The monoisotopic (exact) mass is 186 g/mol. The minimum Gasteiger partial charge on any atom is -0.353 e. The first-order valence-corrected chi connectivity index (χ1v) is 4.96. The molecule has 3 heteroatoms. The summed E-state index contributed by atoms with van der Waals surface area (Å²) >= 11 is 0. The normalized spacial score (nSPS) is 27.8. The van der Waals surface area contributed by atoms with Gasteiger partial charge in [-0.2, -0.15) is 0 Å². The van der Waals surface area contributed by atoms with E-state index in [0.29, 0.717) is 18.9 Å².